The van der Waals surface area contributed by atoms with Crippen molar-refractivity contribution in [2.75, 3.05) is 6.61 Å². The van der Waals surface area contributed by atoms with Gasteiger partial charge in [0.05, 0.1) is 26.6 Å². The number of benzene rings is 2. The van der Waals surface area contributed by atoms with Crippen LogP contribution in [0.1, 0.15) is 16.2 Å². The average molecular weight is 388 g/mol. The van der Waals surface area contributed by atoms with Crippen molar-refractivity contribution >= 4 is 45.8 Å². The van der Waals surface area contributed by atoms with Gasteiger partial charge in [0.2, 0.25) is 0 Å². The number of aromatic nitrogens is 2. The Morgan fingerprint density at radius 2 is 2.00 bits per heavy atom. The number of aliphatic hydroxyl groups is 1. The number of nitriles is 1. The first-order valence-electron chi connectivity index (χ1n) is 7.39. The first-order valence-corrected chi connectivity index (χ1v) is 8.15. The molecule has 0 saturated heterocycles. The third kappa shape index (κ3) is 3.49. The molecule has 6 nitrogen and oxygen atoms in total. The lowest BCUT2D eigenvalue weighted by atomic mass is 10.2. The molecule has 1 heterocycles. The van der Waals surface area contributed by atoms with Gasteiger partial charge in [0.25, 0.3) is 0 Å². The van der Waals surface area contributed by atoms with Gasteiger partial charge in [-0.15, -0.1) is 0 Å². The van der Waals surface area contributed by atoms with Crippen LogP contribution in [0.5, 0.6) is 0 Å². The van der Waals surface area contributed by atoms with Crippen molar-refractivity contribution in [2.45, 2.75) is 0 Å². The van der Waals surface area contributed by atoms with Crippen LogP contribution in [-0.4, -0.2) is 27.7 Å². The summed E-state index contributed by atoms with van der Waals surface area (Å²) in [5, 5.41) is 19.8. The van der Waals surface area contributed by atoms with E-state index in [-0.39, 0.29) is 27.0 Å². The molecule has 1 aromatic heterocycles. The van der Waals surface area contributed by atoms with Gasteiger partial charge in [-0.3, -0.25) is 0 Å². The number of halogens is 2. The summed E-state index contributed by atoms with van der Waals surface area (Å²) in [4.78, 5) is 19.3. The van der Waals surface area contributed by atoms with Crippen LogP contribution in [0.15, 0.2) is 48.2 Å². The third-order valence-electron chi connectivity index (χ3n) is 3.54. The summed E-state index contributed by atoms with van der Waals surface area (Å²) in [6.45, 7) is -0.512. The van der Waals surface area contributed by atoms with Crippen molar-refractivity contribution in [3.8, 4) is 6.07 Å². The van der Waals surface area contributed by atoms with E-state index in [1.165, 1.54) is 12.1 Å². The van der Waals surface area contributed by atoms with Gasteiger partial charge in [0, 0.05) is 0 Å². The number of hydrogen-bond acceptors (Lipinski definition) is 5. The number of carbonyl (C=O) groups excluding carboxylic acids is 1. The number of esters is 1. The molecule has 0 unspecified atom stereocenters. The van der Waals surface area contributed by atoms with Gasteiger partial charge in [-0.25, -0.2) is 9.78 Å². The number of allylic oxidation sites excluding steroid dienone is 1. The summed E-state index contributed by atoms with van der Waals surface area (Å²) in [7, 11) is 0. The molecule has 0 fully saturated rings. The maximum atomic E-state index is 12.1. The van der Waals surface area contributed by atoms with Crippen LogP contribution in [0, 0.1) is 11.3 Å². The Labute approximate surface area is 158 Å². The van der Waals surface area contributed by atoms with Gasteiger partial charge < -0.3 is 14.8 Å². The first-order chi connectivity index (χ1) is 12.5. The number of fused-ring (bicyclic) bond motifs is 1. The predicted octanol–water partition coefficient (Wildman–Crippen LogP) is 4.52. The molecule has 8 heteroatoms. The maximum absolute atomic E-state index is 12.1. The Kier molecular flexibility index (Phi) is 5.12. The van der Waals surface area contributed by atoms with Crippen molar-refractivity contribution < 1.29 is 14.6 Å². The molecule has 2 N–H and O–H groups in total. The molecule has 0 aliphatic rings. The molecule has 0 atom stereocenters. The molecule has 0 amide bonds. The number of para-hydroxylation sites is 2. The van der Waals surface area contributed by atoms with Gasteiger partial charge in [-0.1, -0.05) is 41.4 Å². The smallest absolute Gasteiger partial charge is 0.340 e. The fourth-order valence-electron chi connectivity index (χ4n) is 2.27. The minimum absolute atomic E-state index is 0.0560. The summed E-state index contributed by atoms with van der Waals surface area (Å²) >= 11 is 11.8. The van der Waals surface area contributed by atoms with Crippen LogP contribution in [-0.2, 0) is 4.74 Å². The zero-order chi connectivity index (χ0) is 18.7. The zero-order valence-corrected chi connectivity index (χ0v) is 14.7. The zero-order valence-electron chi connectivity index (χ0n) is 13.2. The lowest BCUT2D eigenvalue weighted by Crippen LogP contribution is -2.10. The summed E-state index contributed by atoms with van der Waals surface area (Å²) in [6, 6.07) is 13.6. The first kappa shape index (κ1) is 17.8. The monoisotopic (exact) mass is 387 g/mol. The van der Waals surface area contributed by atoms with E-state index in [1.54, 1.807) is 24.3 Å². The Bertz CT molecular complexity index is 1030. The van der Waals surface area contributed by atoms with Crippen LogP contribution in [0.3, 0.4) is 0 Å². The Hall–Kier alpha value is -3.01. The molecule has 0 radical (unpaired) electrons. The fourth-order valence-corrected chi connectivity index (χ4v) is 2.65. The molecular weight excluding hydrogens is 377 g/mol. The van der Waals surface area contributed by atoms with Crippen molar-refractivity contribution in [3.63, 3.8) is 0 Å². The minimum Gasteiger partial charge on any atom is -0.507 e. The summed E-state index contributed by atoms with van der Waals surface area (Å²) in [5.41, 5.74) is 1.30. The van der Waals surface area contributed by atoms with E-state index in [1.807, 2.05) is 12.1 Å². The number of aromatic amines is 1. The van der Waals surface area contributed by atoms with Crippen molar-refractivity contribution in [1.29, 1.82) is 5.26 Å². The quantitative estimate of drug-likeness (QED) is 0.389. The number of ether oxygens (including phenoxy) is 1. The second-order valence-electron chi connectivity index (χ2n) is 5.21. The van der Waals surface area contributed by atoms with Gasteiger partial charge in [0.1, 0.15) is 18.2 Å². The molecule has 0 aliphatic carbocycles. The predicted molar refractivity (Wildman–Crippen MR) is 98.0 cm³/mol. The molecule has 0 spiro atoms. The van der Waals surface area contributed by atoms with Crippen LogP contribution < -0.4 is 0 Å². The highest BCUT2D eigenvalue weighted by Gasteiger charge is 2.17. The topological polar surface area (TPSA) is 99.0 Å². The lowest BCUT2D eigenvalue weighted by molar-refractivity contribution is 0.0503. The van der Waals surface area contributed by atoms with Gasteiger partial charge >= 0.3 is 5.97 Å². The average Bonchev–Trinajstić information content (AvgIpc) is 3.06. The highest BCUT2D eigenvalue weighted by molar-refractivity contribution is 6.43. The number of carbonyl (C=O) groups is 1. The van der Waals surface area contributed by atoms with Gasteiger partial charge in [0.15, 0.2) is 11.6 Å². The second-order valence-corrected chi connectivity index (χ2v) is 6.00. The van der Waals surface area contributed by atoms with Crippen molar-refractivity contribution in [1.82, 2.24) is 9.97 Å². The van der Waals surface area contributed by atoms with E-state index in [0.717, 1.165) is 0 Å². The molecule has 0 bridgehead atoms. The normalized spacial score (nSPS) is 11.7. The number of hydrogen-bond donors (Lipinski definition) is 2. The highest BCUT2D eigenvalue weighted by atomic mass is 35.5. The molecule has 3 rings (SSSR count). The van der Waals surface area contributed by atoms with Crippen LogP contribution in [0.25, 0.3) is 16.6 Å². The van der Waals surface area contributed by atoms with Gasteiger partial charge in [-0.05, 0) is 24.3 Å². The molecule has 26 heavy (non-hydrogen) atoms. The van der Waals surface area contributed by atoms with Crippen molar-refractivity contribution in [3.05, 3.63) is 69.7 Å². The number of aliphatic hydroxyl groups excluding tert-OH is 1. The van der Waals surface area contributed by atoms with E-state index in [0.29, 0.717) is 11.0 Å². The summed E-state index contributed by atoms with van der Waals surface area (Å²) in [6.07, 6.45) is 0. The molecule has 0 aliphatic heterocycles. The second kappa shape index (κ2) is 7.48. The van der Waals surface area contributed by atoms with E-state index in [4.69, 9.17) is 27.9 Å². The number of nitrogens with zero attached hydrogens (tertiary/aromatic N) is 2. The van der Waals surface area contributed by atoms with Gasteiger partial charge in [-0.2, -0.15) is 5.26 Å². The third-order valence-corrected chi connectivity index (χ3v) is 4.36. The molecular formula is C18H11Cl2N3O3. The van der Waals surface area contributed by atoms with E-state index < -0.39 is 18.3 Å². The SMILES string of the molecule is N#CC(=C(O)COC(=O)c1cccc(Cl)c1Cl)c1nc2ccccc2[nH]1. The molecule has 2 aromatic carbocycles. The molecule has 3 aromatic rings. The van der Waals surface area contributed by atoms with Crippen LogP contribution in [0.2, 0.25) is 10.0 Å². The largest absolute Gasteiger partial charge is 0.507 e. The van der Waals surface area contributed by atoms with E-state index in [2.05, 4.69) is 9.97 Å². The maximum Gasteiger partial charge on any atom is 0.340 e. The number of imidazole rings is 1. The van der Waals surface area contributed by atoms with Crippen molar-refractivity contribution in [2.24, 2.45) is 0 Å². The number of rotatable bonds is 4. The Morgan fingerprint density at radius 3 is 2.73 bits per heavy atom. The Balaban J connectivity index is 1.82. The fraction of sp³-hybridized carbons (Fsp3) is 0.0556. The highest BCUT2D eigenvalue weighted by Crippen LogP contribution is 2.26. The lowest BCUT2D eigenvalue weighted by Gasteiger charge is -2.07. The molecule has 130 valence electrons. The Morgan fingerprint density at radius 1 is 1.23 bits per heavy atom. The summed E-state index contributed by atoms with van der Waals surface area (Å²) < 4.78 is 5.02. The summed E-state index contributed by atoms with van der Waals surface area (Å²) in [5.74, 6) is -1.02. The van der Waals surface area contributed by atoms with Crippen LogP contribution in [0.4, 0.5) is 0 Å². The minimum atomic E-state index is -0.772. The number of H-pyrrole nitrogens is 1. The molecule has 0 saturated carbocycles. The number of nitrogens with one attached hydrogen (secondary N) is 1. The van der Waals surface area contributed by atoms with Crippen LogP contribution >= 0.6 is 23.2 Å². The standard InChI is InChI=1S/C18H11Cl2N3O3/c19-12-5-3-4-10(16(12)20)18(25)26-9-15(24)11(8-21)17-22-13-6-1-2-7-14(13)23-17/h1-7,24H,9H2,(H,22,23). The van der Waals surface area contributed by atoms with E-state index >= 15 is 0 Å². The van der Waals surface area contributed by atoms with E-state index in [9.17, 15) is 15.2 Å².